The lowest BCUT2D eigenvalue weighted by Gasteiger charge is -1.90. The molecule has 0 fully saturated rings. The van der Waals surface area contributed by atoms with Crippen molar-refractivity contribution in [1.29, 1.82) is 0 Å². The second-order valence-electron chi connectivity index (χ2n) is 1.37. The predicted octanol–water partition coefficient (Wildman–Crippen LogP) is 1.27. The lowest BCUT2D eigenvalue weighted by atomic mass is 10.5. The van der Waals surface area contributed by atoms with E-state index in [0.717, 1.165) is 3.57 Å². The van der Waals surface area contributed by atoms with E-state index in [1.807, 2.05) is 12.1 Å². The van der Waals surface area contributed by atoms with Gasteiger partial charge in [-0.3, -0.25) is 0 Å². The van der Waals surface area contributed by atoms with Crippen LogP contribution in [0, 0.1) is 3.57 Å². The fourth-order valence-electron chi connectivity index (χ4n) is 0.398. The topological polar surface area (TPSA) is 38.9 Å². The van der Waals surface area contributed by atoms with E-state index in [1.54, 1.807) is 6.20 Å². The van der Waals surface area contributed by atoms with Gasteiger partial charge in [0, 0.05) is 6.20 Å². The molecule has 0 unspecified atom stereocenters. The molecular formula is C5H5IN2. The van der Waals surface area contributed by atoms with E-state index < -0.39 is 0 Å². The fraction of sp³-hybridized carbons (Fsp3) is 0. The highest BCUT2D eigenvalue weighted by Crippen LogP contribution is 2.08. The lowest BCUT2D eigenvalue weighted by Crippen LogP contribution is -1.90. The van der Waals surface area contributed by atoms with Gasteiger partial charge in [-0.2, -0.15) is 0 Å². The van der Waals surface area contributed by atoms with Crippen LogP contribution in [0.25, 0.3) is 0 Å². The van der Waals surface area contributed by atoms with E-state index >= 15 is 0 Å². The average molecular weight is 220 g/mol. The molecule has 0 aliphatic rings. The Morgan fingerprint density at radius 1 is 1.62 bits per heavy atom. The van der Waals surface area contributed by atoms with Gasteiger partial charge in [-0.25, -0.2) is 4.98 Å². The molecule has 0 aliphatic carbocycles. The van der Waals surface area contributed by atoms with Gasteiger partial charge in [-0.1, -0.05) is 0 Å². The van der Waals surface area contributed by atoms with E-state index in [0.29, 0.717) is 5.82 Å². The molecule has 0 spiro atoms. The first kappa shape index (κ1) is 5.81. The fourth-order valence-corrected chi connectivity index (χ4v) is 0.745. The molecule has 3 heteroatoms. The van der Waals surface area contributed by atoms with Crippen molar-refractivity contribution in [2.24, 2.45) is 0 Å². The number of hydrogen-bond acceptors (Lipinski definition) is 2. The van der Waals surface area contributed by atoms with Crippen LogP contribution < -0.4 is 5.73 Å². The zero-order valence-corrected chi connectivity index (χ0v) is 6.29. The molecule has 8 heavy (non-hydrogen) atoms. The summed E-state index contributed by atoms with van der Waals surface area (Å²) < 4.78 is 1.00. The number of halogens is 1. The maximum Gasteiger partial charge on any atom is 0.136 e. The largest absolute Gasteiger partial charge is 0.383 e. The highest BCUT2D eigenvalue weighted by atomic mass is 127. The van der Waals surface area contributed by atoms with Crippen molar-refractivity contribution >= 4 is 28.4 Å². The van der Waals surface area contributed by atoms with Crippen LogP contribution in [-0.2, 0) is 0 Å². The first-order valence-corrected chi connectivity index (χ1v) is 3.24. The Bertz CT molecular complexity index is 167. The average Bonchev–Trinajstić information content (AvgIpc) is 1.77. The minimum absolute atomic E-state index is 0.605. The van der Waals surface area contributed by atoms with Crippen molar-refractivity contribution in [3.8, 4) is 0 Å². The molecule has 0 bridgehead atoms. The van der Waals surface area contributed by atoms with Crippen LogP contribution in [0.15, 0.2) is 18.3 Å². The van der Waals surface area contributed by atoms with Crippen molar-refractivity contribution < 1.29 is 0 Å². The highest BCUT2D eigenvalue weighted by Gasteiger charge is 1.88. The molecule has 1 aromatic rings. The second-order valence-corrected chi connectivity index (χ2v) is 2.53. The number of rotatable bonds is 0. The third-order valence-corrected chi connectivity index (χ3v) is 1.70. The molecule has 0 aromatic carbocycles. The van der Waals surface area contributed by atoms with E-state index in [9.17, 15) is 0 Å². The Kier molecular flexibility index (Phi) is 1.67. The maximum atomic E-state index is 5.40. The Hall–Kier alpha value is -0.320. The quantitative estimate of drug-likeness (QED) is 0.668. The number of nitrogens with two attached hydrogens (primary N) is 1. The summed E-state index contributed by atoms with van der Waals surface area (Å²) in [6.07, 6.45) is 1.68. The molecule has 2 nitrogen and oxygen atoms in total. The van der Waals surface area contributed by atoms with Gasteiger partial charge in [-0.05, 0) is 34.7 Å². The summed E-state index contributed by atoms with van der Waals surface area (Å²) in [6.45, 7) is 0. The van der Waals surface area contributed by atoms with Gasteiger partial charge in [-0.15, -0.1) is 0 Å². The Balaban J connectivity index is 3.13. The summed E-state index contributed by atoms with van der Waals surface area (Å²) in [6, 6.07) is 3.78. The Morgan fingerprint density at radius 2 is 2.38 bits per heavy atom. The van der Waals surface area contributed by atoms with Gasteiger partial charge in [0.2, 0.25) is 0 Å². The first-order chi connectivity index (χ1) is 3.80. The number of pyridine rings is 1. The highest BCUT2D eigenvalue weighted by molar-refractivity contribution is 14.1. The van der Waals surface area contributed by atoms with Crippen molar-refractivity contribution in [3.63, 3.8) is 0 Å². The summed E-state index contributed by atoms with van der Waals surface area (Å²) in [5.74, 6) is 0.605. The van der Waals surface area contributed by atoms with Crippen molar-refractivity contribution in [3.05, 3.63) is 21.9 Å². The van der Waals surface area contributed by atoms with Gasteiger partial charge < -0.3 is 5.73 Å². The van der Waals surface area contributed by atoms with Crippen LogP contribution in [0.4, 0.5) is 5.82 Å². The van der Waals surface area contributed by atoms with Gasteiger partial charge in [0.25, 0.3) is 0 Å². The molecule has 42 valence electrons. The van der Waals surface area contributed by atoms with Crippen LogP contribution in [0.2, 0.25) is 0 Å². The SMILES string of the molecule is Nc1ncccc1I. The number of nitrogens with zero attached hydrogens (tertiary/aromatic N) is 1. The summed E-state index contributed by atoms with van der Waals surface area (Å²) in [5, 5.41) is 0. The maximum absolute atomic E-state index is 5.40. The second kappa shape index (κ2) is 2.30. The smallest absolute Gasteiger partial charge is 0.136 e. The summed E-state index contributed by atoms with van der Waals surface area (Å²) in [4.78, 5) is 3.85. The van der Waals surface area contributed by atoms with E-state index in [1.165, 1.54) is 0 Å². The predicted molar refractivity (Wildman–Crippen MR) is 41.4 cm³/mol. The number of nitrogen functional groups attached to an aromatic ring is 1. The zero-order chi connectivity index (χ0) is 5.98. The Morgan fingerprint density at radius 3 is 2.75 bits per heavy atom. The molecule has 1 rings (SSSR count). The summed E-state index contributed by atoms with van der Waals surface area (Å²) >= 11 is 2.14. The minimum Gasteiger partial charge on any atom is -0.383 e. The van der Waals surface area contributed by atoms with Crippen molar-refractivity contribution in [2.45, 2.75) is 0 Å². The minimum atomic E-state index is 0.605. The molecule has 1 aromatic heterocycles. The van der Waals surface area contributed by atoms with E-state index in [4.69, 9.17) is 5.73 Å². The molecule has 0 aliphatic heterocycles. The summed E-state index contributed by atoms with van der Waals surface area (Å²) in [7, 11) is 0. The molecule has 0 radical (unpaired) electrons. The van der Waals surface area contributed by atoms with Crippen molar-refractivity contribution in [2.75, 3.05) is 5.73 Å². The van der Waals surface area contributed by atoms with Crippen LogP contribution in [0.5, 0.6) is 0 Å². The number of hydrogen-bond donors (Lipinski definition) is 1. The third-order valence-electron chi connectivity index (χ3n) is 0.787. The van der Waals surface area contributed by atoms with Crippen LogP contribution in [0.1, 0.15) is 0 Å². The van der Waals surface area contributed by atoms with E-state index in [-0.39, 0.29) is 0 Å². The standard InChI is InChI=1S/C5H5IN2/c6-4-2-1-3-8-5(4)7/h1-3H,(H2,7,8). The van der Waals surface area contributed by atoms with Crippen LogP contribution >= 0.6 is 22.6 Å². The molecule has 0 saturated carbocycles. The van der Waals surface area contributed by atoms with Crippen LogP contribution in [0.3, 0.4) is 0 Å². The number of aromatic nitrogens is 1. The van der Waals surface area contributed by atoms with Crippen molar-refractivity contribution in [1.82, 2.24) is 4.98 Å². The molecule has 1 heterocycles. The van der Waals surface area contributed by atoms with Gasteiger partial charge in [0.15, 0.2) is 0 Å². The summed E-state index contributed by atoms with van der Waals surface area (Å²) in [5.41, 5.74) is 5.40. The first-order valence-electron chi connectivity index (χ1n) is 2.16. The van der Waals surface area contributed by atoms with Gasteiger partial charge in [0.05, 0.1) is 3.57 Å². The molecule has 0 atom stereocenters. The normalized spacial score (nSPS) is 9.12. The Labute approximate surface area is 61.3 Å². The van der Waals surface area contributed by atoms with Crippen LogP contribution in [-0.4, -0.2) is 4.98 Å². The van der Waals surface area contributed by atoms with Gasteiger partial charge in [0.1, 0.15) is 5.82 Å². The molecule has 0 saturated heterocycles. The number of anilines is 1. The lowest BCUT2D eigenvalue weighted by molar-refractivity contribution is 1.32. The van der Waals surface area contributed by atoms with Gasteiger partial charge >= 0.3 is 0 Å². The molecule has 0 amide bonds. The third kappa shape index (κ3) is 1.09. The van der Waals surface area contributed by atoms with E-state index in [2.05, 4.69) is 27.6 Å². The molecule has 2 N–H and O–H groups in total. The monoisotopic (exact) mass is 220 g/mol. The zero-order valence-electron chi connectivity index (χ0n) is 4.13. The molecular weight excluding hydrogens is 215 g/mol.